The maximum atomic E-state index is 12.0. The molecule has 0 aliphatic carbocycles. The number of rotatable bonds is 5. The van der Waals surface area contributed by atoms with Crippen LogP contribution >= 0.6 is 0 Å². The Morgan fingerprint density at radius 2 is 2.19 bits per heavy atom. The van der Waals surface area contributed by atoms with Crippen LogP contribution in [0, 0.1) is 18.3 Å². The Bertz CT molecular complexity index is 602. The fourth-order valence-electron chi connectivity index (χ4n) is 1.67. The smallest absolute Gasteiger partial charge is 0.267 e. The van der Waals surface area contributed by atoms with Crippen LogP contribution in [0.15, 0.2) is 36.0 Å². The first-order valence-corrected chi connectivity index (χ1v) is 6.45. The number of nitrogens with zero attached hydrogens (tertiary/aromatic N) is 2. The van der Waals surface area contributed by atoms with Crippen molar-refractivity contribution in [2.24, 2.45) is 5.73 Å². The van der Waals surface area contributed by atoms with Gasteiger partial charge in [-0.3, -0.25) is 9.59 Å². The normalized spacial score (nSPS) is 10.7. The van der Waals surface area contributed by atoms with Gasteiger partial charge in [-0.15, -0.1) is 0 Å². The number of nitrogens with one attached hydrogen (secondary N) is 1. The van der Waals surface area contributed by atoms with E-state index in [-0.39, 0.29) is 24.6 Å². The number of carbonyl (C=O) groups is 2. The first kappa shape index (κ1) is 16.4. The number of nitrogens with two attached hydrogens (primary N) is 1. The molecule has 0 aliphatic rings. The molecule has 0 bridgehead atoms. The van der Waals surface area contributed by atoms with Crippen molar-refractivity contribution in [2.45, 2.75) is 13.8 Å². The summed E-state index contributed by atoms with van der Waals surface area (Å²) in [5, 5.41) is 11.7. The molecule has 3 N–H and O–H groups in total. The highest BCUT2D eigenvalue weighted by Gasteiger charge is 2.13. The molecule has 1 rings (SSSR count). The number of carbonyl (C=O) groups excluding carboxylic acids is 2. The van der Waals surface area contributed by atoms with Gasteiger partial charge >= 0.3 is 0 Å². The Balaban J connectivity index is 2.91. The van der Waals surface area contributed by atoms with Gasteiger partial charge in [-0.2, -0.15) is 5.26 Å². The van der Waals surface area contributed by atoms with Crippen LogP contribution in [0.3, 0.4) is 0 Å². The lowest BCUT2D eigenvalue weighted by Gasteiger charge is -2.15. The summed E-state index contributed by atoms with van der Waals surface area (Å²) in [5.74, 6) is -0.845. The molecule has 110 valence electrons. The summed E-state index contributed by atoms with van der Waals surface area (Å²) in [4.78, 5) is 24.7. The van der Waals surface area contributed by atoms with Crippen LogP contribution in [0.4, 0.5) is 5.69 Å². The zero-order valence-corrected chi connectivity index (χ0v) is 12.1. The number of hydrogen-bond acceptors (Lipinski definition) is 4. The molecule has 1 aromatic carbocycles. The third kappa shape index (κ3) is 5.09. The minimum Gasteiger partial charge on any atom is -0.329 e. The van der Waals surface area contributed by atoms with E-state index in [1.165, 1.54) is 18.0 Å². The van der Waals surface area contributed by atoms with E-state index in [1.54, 1.807) is 24.3 Å². The maximum absolute atomic E-state index is 12.0. The largest absolute Gasteiger partial charge is 0.329 e. The van der Waals surface area contributed by atoms with Crippen molar-refractivity contribution >= 4 is 17.5 Å². The highest BCUT2D eigenvalue weighted by molar-refractivity contribution is 6.06. The van der Waals surface area contributed by atoms with Gasteiger partial charge in [0.05, 0.1) is 0 Å². The fourth-order valence-corrected chi connectivity index (χ4v) is 1.67. The van der Waals surface area contributed by atoms with Crippen LogP contribution in [-0.2, 0) is 9.59 Å². The van der Waals surface area contributed by atoms with E-state index >= 15 is 0 Å². The van der Waals surface area contributed by atoms with E-state index in [9.17, 15) is 9.59 Å². The summed E-state index contributed by atoms with van der Waals surface area (Å²) in [6.07, 6.45) is 1.22. The second kappa shape index (κ2) is 7.82. The molecular formula is C15H18N4O2. The van der Waals surface area contributed by atoms with Crippen LogP contribution in [0.5, 0.6) is 0 Å². The Morgan fingerprint density at radius 1 is 1.48 bits per heavy atom. The van der Waals surface area contributed by atoms with E-state index < -0.39 is 5.91 Å². The summed E-state index contributed by atoms with van der Waals surface area (Å²) >= 11 is 0. The predicted octanol–water partition coefficient (Wildman–Crippen LogP) is 1.15. The maximum Gasteiger partial charge on any atom is 0.267 e. The third-order valence-electron chi connectivity index (χ3n) is 2.70. The van der Waals surface area contributed by atoms with Crippen molar-refractivity contribution in [3.63, 3.8) is 0 Å². The molecule has 0 saturated heterocycles. The molecule has 0 aliphatic heterocycles. The molecule has 0 unspecified atom stereocenters. The lowest BCUT2D eigenvalue weighted by molar-refractivity contribution is -0.126. The summed E-state index contributed by atoms with van der Waals surface area (Å²) in [5.41, 5.74) is 6.82. The lowest BCUT2D eigenvalue weighted by atomic mass is 10.2. The summed E-state index contributed by atoms with van der Waals surface area (Å²) in [6, 6.07) is 9.01. The third-order valence-corrected chi connectivity index (χ3v) is 2.70. The number of amides is 2. The second-order valence-corrected chi connectivity index (χ2v) is 4.48. The van der Waals surface area contributed by atoms with Gasteiger partial charge < -0.3 is 16.0 Å². The molecule has 6 nitrogen and oxygen atoms in total. The van der Waals surface area contributed by atoms with Crippen molar-refractivity contribution in [3.8, 4) is 6.07 Å². The van der Waals surface area contributed by atoms with Gasteiger partial charge in [0.25, 0.3) is 5.91 Å². The zero-order valence-electron chi connectivity index (χ0n) is 12.1. The fraction of sp³-hybridized carbons (Fsp3) is 0.267. The average Bonchev–Trinajstić information content (AvgIpc) is 2.43. The predicted molar refractivity (Wildman–Crippen MR) is 79.9 cm³/mol. The van der Waals surface area contributed by atoms with E-state index in [0.29, 0.717) is 5.69 Å². The highest BCUT2D eigenvalue weighted by Crippen LogP contribution is 2.11. The minimum absolute atomic E-state index is 0.153. The summed E-state index contributed by atoms with van der Waals surface area (Å²) in [7, 11) is 0. The van der Waals surface area contributed by atoms with Crippen LogP contribution in [0.1, 0.15) is 12.5 Å². The van der Waals surface area contributed by atoms with Crippen LogP contribution in [0.25, 0.3) is 0 Å². The first-order chi connectivity index (χ1) is 9.97. The Hall–Kier alpha value is -2.65. The van der Waals surface area contributed by atoms with Crippen molar-refractivity contribution in [1.29, 1.82) is 5.26 Å². The highest BCUT2D eigenvalue weighted by atomic mass is 16.2. The molecule has 0 saturated carbocycles. The van der Waals surface area contributed by atoms with Crippen molar-refractivity contribution in [1.82, 2.24) is 4.90 Å². The van der Waals surface area contributed by atoms with E-state index in [2.05, 4.69) is 5.32 Å². The van der Waals surface area contributed by atoms with Gasteiger partial charge in [-0.05, 0) is 24.6 Å². The molecule has 6 heteroatoms. The SMILES string of the molecule is CC(=O)N(/C=C(/C#N)C(=O)Nc1cccc(C)c1)CCN. The van der Waals surface area contributed by atoms with Gasteiger partial charge in [0.1, 0.15) is 11.6 Å². The van der Waals surface area contributed by atoms with Crippen molar-refractivity contribution in [2.75, 3.05) is 18.4 Å². The quantitative estimate of drug-likeness (QED) is 0.626. The van der Waals surface area contributed by atoms with E-state index in [1.807, 2.05) is 13.0 Å². The van der Waals surface area contributed by atoms with Gasteiger partial charge in [-0.25, -0.2) is 0 Å². The Morgan fingerprint density at radius 3 is 2.71 bits per heavy atom. The summed E-state index contributed by atoms with van der Waals surface area (Å²) < 4.78 is 0. The topological polar surface area (TPSA) is 99.2 Å². The molecule has 0 aromatic heterocycles. The van der Waals surface area contributed by atoms with Crippen molar-refractivity contribution < 1.29 is 9.59 Å². The number of nitriles is 1. The molecule has 0 atom stereocenters. The van der Waals surface area contributed by atoms with Crippen LogP contribution < -0.4 is 11.1 Å². The van der Waals surface area contributed by atoms with Crippen LogP contribution in [0.2, 0.25) is 0 Å². The molecule has 2 amide bonds. The monoisotopic (exact) mass is 286 g/mol. The molecule has 1 aromatic rings. The molecular weight excluding hydrogens is 268 g/mol. The summed E-state index contributed by atoms with van der Waals surface area (Å²) in [6.45, 7) is 3.74. The average molecular weight is 286 g/mol. The number of benzene rings is 1. The lowest BCUT2D eigenvalue weighted by Crippen LogP contribution is -2.30. The molecule has 21 heavy (non-hydrogen) atoms. The van der Waals surface area contributed by atoms with E-state index in [4.69, 9.17) is 11.0 Å². The zero-order chi connectivity index (χ0) is 15.8. The number of hydrogen-bond donors (Lipinski definition) is 2. The van der Waals surface area contributed by atoms with E-state index in [0.717, 1.165) is 5.56 Å². The standard InChI is InChI=1S/C15H18N4O2/c1-11-4-3-5-14(8-11)18-15(21)13(9-17)10-19(7-6-16)12(2)20/h3-5,8,10H,6-7,16H2,1-2H3,(H,18,21)/b13-10-. The molecule has 0 radical (unpaired) electrons. The van der Waals surface area contributed by atoms with Gasteiger partial charge in [0.15, 0.2) is 0 Å². The number of anilines is 1. The first-order valence-electron chi connectivity index (χ1n) is 6.45. The van der Waals surface area contributed by atoms with Crippen molar-refractivity contribution in [3.05, 3.63) is 41.6 Å². The molecule has 0 spiro atoms. The number of aryl methyl sites for hydroxylation is 1. The van der Waals surface area contributed by atoms with Crippen LogP contribution in [-0.4, -0.2) is 29.8 Å². The minimum atomic E-state index is -0.564. The second-order valence-electron chi connectivity index (χ2n) is 4.48. The van der Waals surface area contributed by atoms with Gasteiger partial charge in [-0.1, -0.05) is 12.1 Å². The van der Waals surface area contributed by atoms with Gasteiger partial charge in [0.2, 0.25) is 5.91 Å². The Kier molecular flexibility index (Phi) is 6.11. The van der Waals surface area contributed by atoms with Gasteiger partial charge in [0, 0.05) is 31.9 Å². The Labute approximate surface area is 123 Å². The molecule has 0 fully saturated rings. The molecule has 0 heterocycles.